The number of nitrogens with zero attached hydrogens (tertiary/aromatic N) is 7. The molecule has 0 bridgehead atoms. The molecule has 2 aromatic heterocycles. The summed E-state index contributed by atoms with van der Waals surface area (Å²) < 4.78 is 1.28. The number of aromatic nitrogens is 4. The van der Waals surface area contributed by atoms with Gasteiger partial charge < -0.3 is 20.8 Å². The smallest absolute Gasteiger partial charge is 0.260 e. The second-order valence-corrected chi connectivity index (χ2v) is 10.2. The van der Waals surface area contributed by atoms with Gasteiger partial charge in [0.05, 0.1) is 18.7 Å². The van der Waals surface area contributed by atoms with E-state index in [9.17, 15) is 19.8 Å². The molecule has 13 nitrogen and oxygen atoms in total. The van der Waals surface area contributed by atoms with Crippen molar-refractivity contribution >= 4 is 51.2 Å². The van der Waals surface area contributed by atoms with Crippen molar-refractivity contribution < 1.29 is 19.8 Å². The SMILES string of the molecule is [C-]#[N+]c1c(-c2ccc(NC(C)=O)cc2)nn(-c2ncccn2)c1N=Nc1c(O)c(C(=O)Nc2ccc(CO)cc2)cc2ccccc12. The maximum Gasteiger partial charge on any atom is 0.260 e. The number of carbonyl (C=O) groups excluding carboxylic acids is 2. The van der Waals surface area contributed by atoms with Crippen LogP contribution in [-0.2, 0) is 11.4 Å². The molecule has 0 aliphatic heterocycles. The molecule has 0 aliphatic rings. The molecule has 47 heavy (non-hydrogen) atoms. The number of anilines is 2. The van der Waals surface area contributed by atoms with Gasteiger partial charge in [0.15, 0.2) is 11.6 Å². The molecule has 0 radical (unpaired) electrons. The van der Waals surface area contributed by atoms with Crippen LogP contribution in [-0.4, -0.2) is 41.8 Å². The van der Waals surface area contributed by atoms with Crippen molar-refractivity contribution in [1.82, 2.24) is 19.7 Å². The molecule has 2 heterocycles. The minimum absolute atomic E-state index is 0.00255. The van der Waals surface area contributed by atoms with E-state index in [1.165, 1.54) is 24.0 Å². The first-order chi connectivity index (χ1) is 22.9. The van der Waals surface area contributed by atoms with Gasteiger partial charge in [0.1, 0.15) is 11.4 Å². The first-order valence-electron chi connectivity index (χ1n) is 14.2. The van der Waals surface area contributed by atoms with Crippen LogP contribution in [0.3, 0.4) is 0 Å². The summed E-state index contributed by atoms with van der Waals surface area (Å²) >= 11 is 0. The molecule has 4 N–H and O–H groups in total. The van der Waals surface area contributed by atoms with Gasteiger partial charge in [-0.15, -0.1) is 10.2 Å². The van der Waals surface area contributed by atoms with Crippen LogP contribution in [0.25, 0.3) is 32.8 Å². The molecule has 0 aliphatic carbocycles. The van der Waals surface area contributed by atoms with Crippen molar-refractivity contribution in [2.45, 2.75) is 13.5 Å². The van der Waals surface area contributed by atoms with Gasteiger partial charge in [0, 0.05) is 36.1 Å². The van der Waals surface area contributed by atoms with Crippen LogP contribution in [0.15, 0.2) is 108 Å². The fraction of sp³-hybridized carbons (Fsp3) is 0.0588. The first kappa shape index (κ1) is 30.3. The monoisotopic (exact) mass is 623 g/mol. The largest absolute Gasteiger partial charge is 0.505 e. The van der Waals surface area contributed by atoms with Gasteiger partial charge >= 0.3 is 0 Å². The van der Waals surface area contributed by atoms with Crippen LogP contribution in [0.2, 0.25) is 0 Å². The minimum atomic E-state index is -0.587. The number of fused-ring (bicyclic) bond motifs is 1. The van der Waals surface area contributed by atoms with Crippen LogP contribution >= 0.6 is 0 Å². The Balaban J connectivity index is 1.46. The molecule has 0 fully saturated rings. The first-order valence-corrected chi connectivity index (χ1v) is 14.2. The molecule has 6 aromatic rings. The summed E-state index contributed by atoms with van der Waals surface area (Å²) in [5.41, 5.74) is 2.55. The van der Waals surface area contributed by atoms with Crippen molar-refractivity contribution in [2.75, 3.05) is 10.6 Å². The van der Waals surface area contributed by atoms with Crippen LogP contribution in [0.5, 0.6) is 5.75 Å². The molecule has 0 saturated carbocycles. The van der Waals surface area contributed by atoms with Crippen molar-refractivity contribution in [1.29, 1.82) is 0 Å². The van der Waals surface area contributed by atoms with E-state index in [1.807, 2.05) is 0 Å². The van der Waals surface area contributed by atoms with Crippen LogP contribution in [0.1, 0.15) is 22.8 Å². The lowest BCUT2D eigenvalue weighted by molar-refractivity contribution is -0.114. The van der Waals surface area contributed by atoms with E-state index in [-0.39, 0.29) is 46.9 Å². The maximum atomic E-state index is 13.4. The third-order valence-corrected chi connectivity index (χ3v) is 7.05. The summed E-state index contributed by atoms with van der Waals surface area (Å²) in [5.74, 6) is -1.11. The van der Waals surface area contributed by atoms with Gasteiger partial charge in [0.25, 0.3) is 17.5 Å². The average molecular weight is 624 g/mol. The number of aliphatic hydroxyl groups excluding tert-OH is 1. The van der Waals surface area contributed by atoms with E-state index < -0.39 is 11.7 Å². The molecular weight excluding hydrogens is 598 g/mol. The Morgan fingerprint density at radius 3 is 2.28 bits per heavy atom. The zero-order valence-electron chi connectivity index (χ0n) is 24.8. The Labute approximate surface area is 267 Å². The highest BCUT2D eigenvalue weighted by atomic mass is 16.3. The number of benzene rings is 4. The standard InChI is InChI=1S/C34H25N9O4/c1-20(45)38-24-14-10-22(11-15-24)28-30(35-2)32(43(42-28)34-36-16-5-17-37-34)41-40-29-26-7-4-3-6-23(26)18-27(31(29)46)33(47)39-25-12-8-21(19-44)9-13-25/h3-18,44,46H,19H2,1H3,(H,38,45)(H,39,47). The molecule has 0 unspecified atom stereocenters. The molecular formula is C34H25N9O4. The van der Waals surface area contributed by atoms with E-state index >= 15 is 0 Å². The number of aliphatic hydroxyl groups is 1. The number of rotatable bonds is 8. The molecule has 230 valence electrons. The van der Waals surface area contributed by atoms with Crippen molar-refractivity contribution in [2.24, 2.45) is 10.2 Å². The second-order valence-electron chi connectivity index (χ2n) is 10.2. The van der Waals surface area contributed by atoms with Gasteiger partial charge in [0.2, 0.25) is 5.91 Å². The van der Waals surface area contributed by atoms with E-state index in [0.717, 1.165) is 0 Å². The third-order valence-electron chi connectivity index (χ3n) is 7.05. The molecule has 0 spiro atoms. The number of aromatic hydroxyl groups is 1. The van der Waals surface area contributed by atoms with E-state index in [0.29, 0.717) is 33.3 Å². The number of phenolic OH excluding ortho intramolecular Hbond substituents is 1. The quantitative estimate of drug-likeness (QED) is 0.106. The predicted molar refractivity (Wildman–Crippen MR) is 175 cm³/mol. The fourth-order valence-corrected chi connectivity index (χ4v) is 4.82. The Morgan fingerprint density at radius 2 is 1.60 bits per heavy atom. The highest BCUT2D eigenvalue weighted by Crippen LogP contribution is 2.43. The topological polar surface area (TPSA) is 171 Å². The normalized spacial score (nSPS) is 11.0. The summed E-state index contributed by atoms with van der Waals surface area (Å²) in [6.45, 7) is 9.29. The predicted octanol–water partition coefficient (Wildman–Crippen LogP) is 6.86. The summed E-state index contributed by atoms with van der Waals surface area (Å²) in [4.78, 5) is 37.1. The fourth-order valence-electron chi connectivity index (χ4n) is 4.82. The molecule has 13 heteroatoms. The highest BCUT2D eigenvalue weighted by molar-refractivity contribution is 6.11. The van der Waals surface area contributed by atoms with Crippen LogP contribution in [0, 0.1) is 6.57 Å². The summed E-state index contributed by atoms with van der Waals surface area (Å²) in [7, 11) is 0. The van der Waals surface area contributed by atoms with Gasteiger partial charge in [-0.3, -0.25) is 9.59 Å². The summed E-state index contributed by atoms with van der Waals surface area (Å²) in [5, 5.41) is 40.7. The number of amides is 2. The van der Waals surface area contributed by atoms with Gasteiger partial charge in [-0.05, 0) is 52.9 Å². The minimum Gasteiger partial charge on any atom is -0.505 e. The van der Waals surface area contributed by atoms with Crippen LogP contribution in [0.4, 0.5) is 28.6 Å². The lowest BCUT2D eigenvalue weighted by Crippen LogP contribution is -2.12. The zero-order chi connectivity index (χ0) is 32.9. The Hall–Kier alpha value is -6.78. The lowest BCUT2D eigenvalue weighted by Gasteiger charge is -2.11. The van der Waals surface area contributed by atoms with E-state index in [4.69, 9.17) is 6.57 Å². The number of phenols is 1. The molecule has 0 atom stereocenters. The van der Waals surface area contributed by atoms with E-state index in [1.54, 1.807) is 84.9 Å². The number of carbonyl (C=O) groups is 2. The second kappa shape index (κ2) is 13.1. The summed E-state index contributed by atoms with van der Waals surface area (Å²) in [6.07, 6.45) is 3.03. The van der Waals surface area contributed by atoms with E-state index in [2.05, 4.69) is 40.8 Å². The number of azo groups is 1. The number of nitrogens with one attached hydrogen (secondary N) is 2. The summed E-state index contributed by atoms with van der Waals surface area (Å²) in [6, 6.07) is 23.7. The van der Waals surface area contributed by atoms with Crippen molar-refractivity contribution in [3.8, 4) is 23.0 Å². The maximum absolute atomic E-state index is 13.4. The molecule has 6 rings (SSSR count). The zero-order valence-corrected chi connectivity index (χ0v) is 24.8. The van der Waals surface area contributed by atoms with Gasteiger partial charge in [-0.2, -0.15) is 9.78 Å². The third kappa shape index (κ3) is 6.25. The van der Waals surface area contributed by atoms with Crippen molar-refractivity contribution in [3.05, 3.63) is 120 Å². The Kier molecular flexibility index (Phi) is 8.41. The Bertz CT molecular complexity index is 2190. The highest BCUT2D eigenvalue weighted by Gasteiger charge is 2.24. The Morgan fingerprint density at radius 1 is 0.915 bits per heavy atom. The molecule has 0 saturated heterocycles. The van der Waals surface area contributed by atoms with Gasteiger partial charge in [-0.25, -0.2) is 14.8 Å². The van der Waals surface area contributed by atoms with Crippen LogP contribution < -0.4 is 10.6 Å². The average Bonchev–Trinajstić information content (AvgIpc) is 3.46. The number of hydrogen-bond donors (Lipinski definition) is 4. The number of hydrogen-bond acceptors (Lipinski definition) is 9. The lowest BCUT2D eigenvalue weighted by atomic mass is 10.0. The van der Waals surface area contributed by atoms with Gasteiger partial charge in [-0.1, -0.05) is 48.5 Å². The molecule has 2 amide bonds. The van der Waals surface area contributed by atoms with Crippen molar-refractivity contribution in [3.63, 3.8) is 0 Å². The molecule has 4 aromatic carbocycles.